The number of rotatable bonds is 2. The zero-order valence-electron chi connectivity index (χ0n) is 10.0. The van der Waals surface area contributed by atoms with Crippen LogP contribution in [0.4, 0.5) is 4.39 Å². The highest BCUT2D eigenvalue weighted by Crippen LogP contribution is 2.20. The zero-order chi connectivity index (χ0) is 12.4. The van der Waals surface area contributed by atoms with E-state index in [4.69, 9.17) is 0 Å². The minimum atomic E-state index is -0.335. The fourth-order valence-corrected chi connectivity index (χ4v) is 2.15. The summed E-state index contributed by atoms with van der Waals surface area (Å²) < 4.78 is 13.5. The molecule has 1 aliphatic rings. The molecule has 0 saturated carbocycles. The van der Waals surface area contributed by atoms with E-state index in [9.17, 15) is 9.18 Å². The molecule has 0 radical (unpaired) electrons. The predicted molar refractivity (Wildman–Crippen MR) is 66.4 cm³/mol. The van der Waals surface area contributed by atoms with Crippen molar-refractivity contribution in [3.05, 3.63) is 41.2 Å². The predicted octanol–water partition coefficient (Wildman–Crippen LogP) is 3.01. The second-order valence-corrected chi connectivity index (χ2v) is 4.39. The highest BCUT2D eigenvalue weighted by Gasteiger charge is 2.22. The Morgan fingerprint density at radius 2 is 2.06 bits per heavy atom. The molecule has 90 valence electrons. The molecule has 1 fully saturated rings. The number of aryl methyl sites for hydroxylation is 1. The van der Waals surface area contributed by atoms with E-state index in [1.807, 2.05) is 0 Å². The van der Waals surface area contributed by atoms with Crippen LogP contribution in [0.25, 0.3) is 6.08 Å². The Morgan fingerprint density at radius 1 is 1.41 bits per heavy atom. The standard InChI is InChI=1S/C14H16FNO/c1-3-11-8-10(2)13(15)9-12(11)14(17)16-6-4-5-7-16/h3,8-9H,1,4-7H2,2H3. The molecule has 1 aromatic carbocycles. The molecule has 0 unspecified atom stereocenters. The molecule has 0 atom stereocenters. The molecule has 1 heterocycles. The van der Waals surface area contributed by atoms with Gasteiger partial charge >= 0.3 is 0 Å². The van der Waals surface area contributed by atoms with Gasteiger partial charge in [-0.25, -0.2) is 4.39 Å². The molecule has 1 aromatic rings. The Morgan fingerprint density at radius 3 is 2.65 bits per heavy atom. The number of carbonyl (C=O) groups is 1. The Bertz CT molecular complexity index is 462. The van der Waals surface area contributed by atoms with Crippen molar-refractivity contribution in [1.82, 2.24) is 4.90 Å². The van der Waals surface area contributed by atoms with Crippen molar-refractivity contribution in [2.75, 3.05) is 13.1 Å². The van der Waals surface area contributed by atoms with Gasteiger partial charge in [0.2, 0.25) is 0 Å². The van der Waals surface area contributed by atoms with E-state index in [2.05, 4.69) is 6.58 Å². The molecule has 1 amide bonds. The van der Waals surface area contributed by atoms with Crippen molar-refractivity contribution in [1.29, 1.82) is 0 Å². The highest BCUT2D eigenvalue weighted by atomic mass is 19.1. The normalized spacial score (nSPS) is 15.1. The lowest BCUT2D eigenvalue weighted by molar-refractivity contribution is 0.0792. The molecule has 0 spiro atoms. The number of amides is 1. The number of hydrogen-bond acceptors (Lipinski definition) is 1. The average molecular weight is 233 g/mol. The van der Waals surface area contributed by atoms with Crippen molar-refractivity contribution in [2.45, 2.75) is 19.8 Å². The summed E-state index contributed by atoms with van der Waals surface area (Å²) in [6.45, 7) is 6.90. The van der Waals surface area contributed by atoms with Crippen molar-refractivity contribution in [3.8, 4) is 0 Å². The van der Waals surface area contributed by atoms with Gasteiger partial charge in [-0.15, -0.1) is 0 Å². The molecule has 0 bridgehead atoms. The van der Waals surface area contributed by atoms with Gasteiger partial charge < -0.3 is 4.90 Å². The summed E-state index contributed by atoms with van der Waals surface area (Å²) in [5.41, 5.74) is 1.67. The first kappa shape index (κ1) is 11.8. The average Bonchev–Trinajstić information content (AvgIpc) is 2.84. The summed E-state index contributed by atoms with van der Waals surface area (Å²) in [5, 5.41) is 0. The smallest absolute Gasteiger partial charge is 0.254 e. The van der Waals surface area contributed by atoms with Crippen LogP contribution in [0.3, 0.4) is 0 Å². The van der Waals surface area contributed by atoms with Gasteiger partial charge in [0, 0.05) is 18.7 Å². The summed E-state index contributed by atoms with van der Waals surface area (Å²) in [6.07, 6.45) is 3.67. The van der Waals surface area contributed by atoms with Crippen LogP contribution in [0.15, 0.2) is 18.7 Å². The van der Waals surface area contributed by atoms with Crippen molar-refractivity contribution in [3.63, 3.8) is 0 Å². The number of nitrogens with zero attached hydrogens (tertiary/aromatic N) is 1. The minimum absolute atomic E-state index is 0.0868. The third-order valence-corrected chi connectivity index (χ3v) is 3.17. The van der Waals surface area contributed by atoms with Crippen LogP contribution in [0.2, 0.25) is 0 Å². The molecule has 0 N–H and O–H groups in total. The maximum atomic E-state index is 13.5. The number of hydrogen-bond donors (Lipinski definition) is 0. The Kier molecular flexibility index (Phi) is 3.27. The van der Waals surface area contributed by atoms with Gasteiger partial charge in [-0.1, -0.05) is 12.7 Å². The zero-order valence-corrected chi connectivity index (χ0v) is 10.0. The van der Waals surface area contributed by atoms with E-state index in [0.717, 1.165) is 25.9 Å². The number of likely N-dealkylation sites (tertiary alicyclic amines) is 1. The lowest BCUT2D eigenvalue weighted by Crippen LogP contribution is -2.28. The van der Waals surface area contributed by atoms with Gasteiger partial charge in [0.05, 0.1) is 0 Å². The van der Waals surface area contributed by atoms with Gasteiger partial charge in [-0.2, -0.15) is 0 Å². The van der Waals surface area contributed by atoms with Crippen molar-refractivity contribution < 1.29 is 9.18 Å². The quantitative estimate of drug-likeness (QED) is 0.769. The summed E-state index contributed by atoms with van der Waals surface area (Å²) >= 11 is 0. The molecule has 2 rings (SSSR count). The van der Waals surface area contributed by atoms with E-state index in [1.54, 1.807) is 24.0 Å². The van der Waals surface area contributed by atoms with E-state index in [1.165, 1.54) is 6.07 Å². The SMILES string of the molecule is C=Cc1cc(C)c(F)cc1C(=O)N1CCCC1. The fraction of sp³-hybridized carbons (Fsp3) is 0.357. The molecule has 0 aromatic heterocycles. The summed E-state index contributed by atoms with van der Waals surface area (Å²) in [6, 6.07) is 3.00. The largest absolute Gasteiger partial charge is 0.339 e. The van der Waals surface area contributed by atoms with Crippen LogP contribution < -0.4 is 0 Å². The third kappa shape index (κ3) is 2.23. The van der Waals surface area contributed by atoms with Crippen LogP contribution in [0.5, 0.6) is 0 Å². The molecule has 3 heteroatoms. The molecule has 17 heavy (non-hydrogen) atoms. The second kappa shape index (κ2) is 4.70. The summed E-state index contributed by atoms with van der Waals surface area (Å²) in [4.78, 5) is 14.0. The molecule has 0 aliphatic carbocycles. The fourth-order valence-electron chi connectivity index (χ4n) is 2.15. The van der Waals surface area contributed by atoms with E-state index < -0.39 is 0 Å². The minimum Gasteiger partial charge on any atom is -0.339 e. The van der Waals surface area contributed by atoms with Crippen LogP contribution >= 0.6 is 0 Å². The third-order valence-electron chi connectivity index (χ3n) is 3.17. The second-order valence-electron chi connectivity index (χ2n) is 4.39. The number of carbonyl (C=O) groups excluding carboxylic acids is 1. The van der Waals surface area contributed by atoms with E-state index in [0.29, 0.717) is 16.7 Å². The van der Waals surface area contributed by atoms with Gasteiger partial charge in [0.15, 0.2) is 0 Å². The number of halogens is 1. The molecule has 2 nitrogen and oxygen atoms in total. The monoisotopic (exact) mass is 233 g/mol. The summed E-state index contributed by atoms with van der Waals surface area (Å²) in [5.74, 6) is -0.422. The Balaban J connectivity index is 2.39. The lowest BCUT2D eigenvalue weighted by atomic mass is 10.0. The van der Waals surface area contributed by atoms with Gasteiger partial charge in [0.25, 0.3) is 5.91 Å². The summed E-state index contributed by atoms with van der Waals surface area (Å²) in [7, 11) is 0. The van der Waals surface area contributed by atoms with Crippen molar-refractivity contribution >= 4 is 12.0 Å². The van der Waals surface area contributed by atoms with Crippen LogP contribution in [-0.2, 0) is 0 Å². The van der Waals surface area contributed by atoms with E-state index >= 15 is 0 Å². The Labute approximate surface area is 101 Å². The maximum Gasteiger partial charge on any atom is 0.254 e. The maximum absolute atomic E-state index is 13.5. The molecule has 1 saturated heterocycles. The topological polar surface area (TPSA) is 20.3 Å². The molecule has 1 aliphatic heterocycles. The number of benzene rings is 1. The van der Waals surface area contributed by atoms with Gasteiger partial charge in [0.1, 0.15) is 5.82 Å². The first-order valence-electron chi connectivity index (χ1n) is 5.85. The van der Waals surface area contributed by atoms with Crippen LogP contribution in [-0.4, -0.2) is 23.9 Å². The molecular weight excluding hydrogens is 217 g/mol. The lowest BCUT2D eigenvalue weighted by Gasteiger charge is -2.17. The first-order valence-corrected chi connectivity index (χ1v) is 5.85. The first-order chi connectivity index (χ1) is 8.13. The van der Waals surface area contributed by atoms with Crippen molar-refractivity contribution in [2.24, 2.45) is 0 Å². The Hall–Kier alpha value is -1.64. The van der Waals surface area contributed by atoms with Crippen LogP contribution in [0, 0.1) is 12.7 Å². The van der Waals surface area contributed by atoms with Gasteiger partial charge in [-0.05, 0) is 43.0 Å². The highest BCUT2D eigenvalue weighted by molar-refractivity contribution is 5.98. The van der Waals surface area contributed by atoms with Gasteiger partial charge in [-0.3, -0.25) is 4.79 Å². The van der Waals surface area contributed by atoms with E-state index in [-0.39, 0.29) is 11.7 Å². The van der Waals surface area contributed by atoms with Crippen LogP contribution in [0.1, 0.15) is 34.3 Å². The molecular formula is C14H16FNO.